The van der Waals surface area contributed by atoms with E-state index in [0.717, 1.165) is 11.9 Å². The van der Waals surface area contributed by atoms with E-state index in [-0.39, 0.29) is 0 Å². The molecule has 0 aliphatic rings. The number of hydrogen-bond acceptors (Lipinski definition) is 0. The Labute approximate surface area is 231 Å². The van der Waals surface area contributed by atoms with Crippen LogP contribution in [0.4, 0.5) is 0 Å². The van der Waals surface area contributed by atoms with Crippen LogP contribution in [0.25, 0.3) is 0 Å². The molecule has 0 fully saturated rings. The van der Waals surface area contributed by atoms with Gasteiger partial charge in [0.05, 0.1) is 0 Å². The second-order valence-corrected chi connectivity index (χ2v) is 19.7. The standard InChI is InChI=1S/C30H61Cl3Si/c1-34(32,33)30-28-26-24-22-20-18-16-14-12-10-8-6-4-2-3-5-7-9-11-13-15-17-19-21-23-25-27-29-31/h2-30H2,1H3. The lowest BCUT2D eigenvalue weighted by Gasteiger charge is -2.09. The summed E-state index contributed by atoms with van der Waals surface area (Å²) in [4.78, 5) is 0. The van der Waals surface area contributed by atoms with E-state index in [0.29, 0.717) is 0 Å². The van der Waals surface area contributed by atoms with E-state index in [1.807, 2.05) is 6.55 Å². The zero-order valence-electron chi connectivity index (χ0n) is 23.1. The Kier molecular flexibility index (Phi) is 29.6. The highest BCUT2D eigenvalue weighted by Crippen LogP contribution is 2.23. The van der Waals surface area contributed by atoms with Crippen molar-refractivity contribution in [2.45, 2.75) is 186 Å². The maximum absolute atomic E-state index is 6.15. The highest BCUT2D eigenvalue weighted by molar-refractivity contribution is 7.44. The third-order valence-electron chi connectivity index (χ3n) is 7.25. The molecule has 34 heavy (non-hydrogen) atoms. The van der Waals surface area contributed by atoms with Gasteiger partial charge in [-0.1, -0.05) is 167 Å². The fourth-order valence-corrected chi connectivity index (χ4v) is 6.81. The highest BCUT2D eigenvalue weighted by Gasteiger charge is 2.19. The van der Waals surface area contributed by atoms with Crippen LogP contribution in [0, 0.1) is 0 Å². The Morgan fingerprint density at radius 1 is 0.324 bits per heavy atom. The van der Waals surface area contributed by atoms with Gasteiger partial charge in [-0.15, -0.1) is 33.8 Å². The zero-order valence-corrected chi connectivity index (χ0v) is 26.4. The summed E-state index contributed by atoms with van der Waals surface area (Å²) in [6.45, 7) is 0.200. The van der Waals surface area contributed by atoms with E-state index in [1.54, 1.807) is 0 Å². The smallest absolute Gasteiger partial charge is 0.146 e. The van der Waals surface area contributed by atoms with Crippen molar-refractivity contribution in [3.05, 3.63) is 0 Å². The van der Waals surface area contributed by atoms with Crippen LogP contribution >= 0.6 is 33.8 Å². The molecule has 0 aromatic heterocycles. The van der Waals surface area contributed by atoms with Crippen LogP contribution < -0.4 is 0 Å². The second-order valence-electron chi connectivity index (χ2n) is 11.1. The molecule has 0 bridgehead atoms. The van der Waals surface area contributed by atoms with Gasteiger partial charge in [0.25, 0.3) is 0 Å². The largest absolute Gasteiger partial charge is 0.248 e. The average Bonchev–Trinajstić information content (AvgIpc) is 2.80. The van der Waals surface area contributed by atoms with Crippen LogP contribution in [0.3, 0.4) is 0 Å². The summed E-state index contributed by atoms with van der Waals surface area (Å²) in [5, 5.41) is 0. The third kappa shape index (κ3) is 33.1. The van der Waals surface area contributed by atoms with Gasteiger partial charge >= 0.3 is 0 Å². The predicted octanol–water partition coefficient (Wildman–Crippen LogP) is 13.3. The van der Waals surface area contributed by atoms with Crippen LogP contribution in [0.1, 0.15) is 173 Å². The van der Waals surface area contributed by atoms with Gasteiger partial charge in [-0.3, -0.25) is 0 Å². The maximum Gasteiger partial charge on any atom is 0.248 e. The molecule has 4 heteroatoms. The summed E-state index contributed by atoms with van der Waals surface area (Å²) >= 11 is 18.0. The van der Waals surface area contributed by atoms with Crippen molar-refractivity contribution < 1.29 is 0 Å². The van der Waals surface area contributed by atoms with Gasteiger partial charge in [0, 0.05) is 5.88 Å². The first-order valence-corrected chi connectivity index (χ1v) is 20.8. The van der Waals surface area contributed by atoms with Crippen molar-refractivity contribution >= 4 is 40.5 Å². The van der Waals surface area contributed by atoms with Crippen molar-refractivity contribution in [1.29, 1.82) is 0 Å². The van der Waals surface area contributed by atoms with Crippen LogP contribution in [-0.4, -0.2) is 12.6 Å². The topological polar surface area (TPSA) is 0 Å². The molecule has 0 amide bonds. The van der Waals surface area contributed by atoms with E-state index in [1.165, 1.54) is 173 Å². The molecule has 0 unspecified atom stereocenters. The summed E-state index contributed by atoms with van der Waals surface area (Å²) in [7, 11) is 0. The van der Waals surface area contributed by atoms with Crippen molar-refractivity contribution in [3.8, 4) is 0 Å². The third-order valence-corrected chi connectivity index (χ3v) is 9.88. The molecule has 0 nitrogen and oxygen atoms in total. The van der Waals surface area contributed by atoms with E-state index >= 15 is 0 Å². The molecule has 0 saturated heterocycles. The van der Waals surface area contributed by atoms with Crippen molar-refractivity contribution in [1.82, 2.24) is 0 Å². The molecule has 0 N–H and O–H groups in total. The summed E-state index contributed by atoms with van der Waals surface area (Å²) in [5.41, 5.74) is 0. The molecular weight excluding hydrogens is 495 g/mol. The minimum absolute atomic E-state index is 0.842. The van der Waals surface area contributed by atoms with Crippen molar-refractivity contribution in [2.75, 3.05) is 5.88 Å². The minimum Gasteiger partial charge on any atom is -0.146 e. The average molecular weight is 556 g/mol. The van der Waals surface area contributed by atoms with Gasteiger partial charge < -0.3 is 0 Å². The van der Waals surface area contributed by atoms with Crippen LogP contribution in [0.2, 0.25) is 12.6 Å². The number of alkyl halides is 1. The van der Waals surface area contributed by atoms with Crippen molar-refractivity contribution in [3.63, 3.8) is 0 Å². The SMILES string of the molecule is C[Si](Cl)(Cl)CCCCCCCCCCCCCCCCCCCCCCCCCCCCCCl. The molecule has 0 rings (SSSR count). The quantitative estimate of drug-likeness (QED) is 0.0372. The fraction of sp³-hybridized carbons (Fsp3) is 1.00. The molecule has 0 radical (unpaired) electrons. The minimum atomic E-state index is -1.84. The lowest BCUT2D eigenvalue weighted by molar-refractivity contribution is 0.515. The summed E-state index contributed by atoms with van der Waals surface area (Å²) in [6.07, 6.45) is 38.4. The zero-order chi connectivity index (χ0) is 25.0. The molecular formula is C30H61Cl3Si. The second kappa shape index (κ2) is 28.7. The van der Waals surface area contributed by atoms with Gasteiger partial charge in [0.2, 0.25) is 6.69 Å². The lowest BCUT2D eigenvalue weighted by Crippen LogP contribution is -2.11. The predicted molar refractivity (Wildman–Crippen MR) is 164 cm³/mol. The van der Waals surface area contributed by atoms with E-state index < -0.39 is 6.69 Å². The summed E-state index contributed by atoms with van der Waals surface area (Å²) < 4.78 is 0. The van der Waals surface area contributed by atoms with Gasteiger partial charge in [-0.2, -0.15) is 0 Å². The monoisotopic (exact) mass is 554 g/mol. The van der Waals surface area contributed by atoms with E-state index in [2.05, 4.69) is 0 Å². The maximum atomic E-state index is 6.15. The number of unbranched alkanes of at least 4 members (excludes halogenated alkanes) is 26. The van der Waals surface area contributed by atoms with Gasteiger partial charge in [0.1, 0.15) is 0 Å². The Balaban J connectivity index is 3.03. The molecule has 0 heterocycles. The van der Waals surface area contributed by atoms with E-state index in [9.17, 15) is 0 Å². The van der Waals surface area contributed by atoms with Gasteiger partial charge in [-0.05, 0) is 19.0 Å². The number of halogens is 3. The van der Waals surface area contributed by atoms with E-state index in [4.69, 9.17) is 33.8 Å². The number of hydrogen-bond donors (Lipinski definition) is 0. The van der Waals surface area contributed by atoms with Crippen LogP contribution in [0.5, 0.6) is 0 Å². The molecule has 0 aromatic rings. The number of rotatable bonds is 29. The summed E-state index contributed by atoms with van der Waals surface area (Å²) in [6, 6.07) is 1.06. The Bertz CT molecular complexity index is 371. The van der Waals surface area contributed by atoms with Crippen molar-refractivity contribution in [2.24, 2.45) is 0 Å². The lowest BCUT2D eigenvalue weighted by atomic mass is 10.0. The molecule has 0 aliphatic carbocycles. The van der Waals surface area contributed by atoms with Gasteiger partial charge in [0.15, 0.2) is 0 Å². The molecule has 0 aromatic carbocycles. The first kappa shape index (κ1) is 35.1. The molecule has 0 aliphatic heterocycles. The highest BCUT2D eigenvalue weighted by atomic mass is 35.7. The Morgan fingerprint density at radius 2 is 0.500 bits per heavy atom. The first-order chi connectivity index (χ1) is 16.6. The molecule has 0 atom stereocenters. The molecule has 0 spiro atoms. The first-order valence-electron chi connectivity index (χ1n) is 15.5. The van der Waals surface area contributed by atoms with Gasteiger partial charge in [-0.25, -0.2) is 0 Å². The Hall–Kier alpha value is 1.09. The summed E-state index contributed by atoms with van der Waals surface area (Å²) in [5.74, 6) is 0.842. The normalized spacial score (nSPS) is 12.0. The molecule has 206 valence electrons. The van der Waals surface area contributed by atoms with Crippen LogP contribution in [0.15, 0.2) is 0 Å². The Morgan fingerprint density at radius 3 is 0.676 bits per heavy atom. The van der Waals surface area contributed by atoms with Crippen LogP contribution in [-0.2, 0) is 0 Å². The fourth-order valence-electron chi connectivity index (χ4n) is 4.95. The molecule has 0 saturated carbocycles.